The number of hydrogen-bond acceptors (Lipinski definition) is 11. The van der Waals surface area contributed by atoms with Gasteiger partial charge in [-0.05, 0) is 18.2 Å². The first kappa shape index (κ1) is 30.3. The number of nitrogens with zero attached hydrogens (tertiary/aromatic N) is 7. The molecule has 0 radical (unpaired) electrons. The number of nitriles is 1. The maximum Gasteiger partial charge on any atom is 0.417 e. The Hall–Kier alpha value is -5.14. The molecule has 1 saturated heterocycles. The number of alkyl halides is 3. The van der Waals surface area contributed by atoms with Gasteiger partial charge < -0.3 is 34.4 Å². The molecule has 3 N–H and O–H groups in total. The second-order valence-corrected chi connectivity index (χ2v) is 9.77. The van der Waals surface area contributed by atoms with Crippen LogP contribution in [0.1, 0.15) is 16.8 Å². The van der Waals surface area contributed by atoms with Crippen molar-refractivity contribution in [3.8, 4) is 17.6 Å². The molecule has 0 atom stereocenters. The Bertz CT molecular complexity index is 1790. The quantitative estimate of drug-likeness (QED) is 0.268. The van der Waals surface area contributed by atoms with Crippen LogP contribution in [-0.2, 0) is 25.0 Å². The summed E-state index contributed by atoms with van der Waals surface area (Å²) in [5.41, 5.74) is 4.45. The lowest BCUT2D eigenvalue weighted by Crippen LogP contribution is -2.38. The molecular weight excluding hydrogens is 583 g/mol. The molecule has 13 nitrogen and oxygen atoms in total. The van der Waals surface area contributed by atoms with Gasteiger partial charge in [-0.1, -0.05) is 0 Å². The van der Waals surface area contributed by atoms with Crippen LogP contribution in [0.25, 0.3) is 16.9 Å². The van der Waals surface area contributed by atoms with E-state index in [0.717, 1.165) is 24.2 Å². The summed E-state index contributed by atoms with van der Waals surface area (Å²) in [7, 11) is 2.72. The van der Waals surface area contributed by atoms with E-state index in [0.29, 0.717) is 43.5 Å². The molecule has 5 heterocycles. The minimum atomic E-state index is -4.67. The number of imidazole rings is 1. The molecule has 44 heavy (non-hydrogen) atoms. The summed E-state index contributed by atoms with van der Waals surface area (Å²) >= 11 is 0. The Morgan fingerprint density at radius 3 is 2.66 bits per heavy atom. The van der Waals surface area contributed by atoms with E-state index in [4.69, 9.17) is 19.9 Å². The second kappa shape index (κ2) is 12.6. The van der Waals surface area contributed by atoms with Gasteiger partial charge in [0, 0.05) is 46.1 Å². The zero-order chi connectivity index (χ0) is 31.4. The molecule has 1 aliphatic rings. The number of pyridine rings is 3. The first-order valence-electron chi connectivity index (χ1n) is 13.4. The van der Waals surface area contributed by atoms with E-state index in [2.05, 4.69) is 31.2 Å². The number of morpholine rings is 1. The zero-order valence-electron chi connectivity index (χ0n) is 23.8. The van der Waals surface area contributed by atoms with Crippen LogP contribution in [0.5, 0.6) is 11.5 Å². The number of nitrogens with one attached hydrogen (secondary N) is 1. The summed E-state index contributed by atoms with van der Waals surface area (Å²) in [6.07, 6.45) is 0.0205. The van der Waals surface area contributed by atoms with Crippen LogP contribution in [0.3, 0.4) is 0 Å². The number of halogens is 3. The number of ether oxygens (including phenoxy) is 3. The smallest absolute Gasteiger partial charge is 0.417 e. The molecule has 1 fully saturated rings. The van der Waals surface area contributed by atoms with Crippen LogP contribution < -0.4 is 26.1 Å². The van der Waals surface area contributed by atoms with Gasteiger partial charge in [-0.2, -0.15) is 23.4 Å². The fourth-order valence-corrected chi connectivity index (χ4v) is 4.55. The number of nitrogens with two attached hydrogens (primary N) is 1. The van der Waals surface area contributed by atoms with Crippen LogP contribution in [0, 0.1) is 11.3 Å². The zero-order valence-corrected chi connectivity index (χ0v) is 23.8. The van der Waals surface area contributed by atoms with Crippen LogP contribution in [-0.4, -0.2) is 68.4 Å². The molecular formula is C28H28F3N9O4. The second-order valence-electron chi connectivity index (χ2n) is 9.77. The van der Waals surface area contributed by atoms with Crippen molar-refractivity contribution in [3.05, 3.63) is 70.2 Å². The third-order valence-corrected chi connectivity index (χ3v) is 6.87. The number of rotatable bonds is 9. The molecule has 230 valence electrons. The molecule has 0 unspecified atom stereocenters. The summed E-state index contributed by atoms with van der Waals surface area (Å²) in [5.74, 6) is 0.715. The van der Waals surface area contributed by atoms with Crippen molar-refractivity contribution >= 4 is 28.6 Å². The Balaban J connectivity index is 1.35. The molecule has 0 amide bonds. The van der Waals surface area contributed by atoms with Gasteiger partial charge in [0.15, 0.2) is 17.2 Å². The molecule has 0 bridgehead atoms. The van der Waals surface area contributed by atoms with Crippen molar-refractivity contribution < 1.29 is 27.4 Å². The molecule has 0 aliphatic carbocycles. The average molecular weight is 612 g/mol. The minimum absolute atomic E-state index is 0.0157. The predicted octanol–water partition coefficient (Wildman–Crippen LogP) is 2.74. The highest BCUT2D eigenvalue weighted by Gasteiger charge is 2.32. The lowest BCUT2D eigenvalue weighted by Gasteiger charge is -2.26. The lowest BCUT2D eigenvalue weighted by atomic mass is 10.2. The van der Waals surface area contributed by atoms with E-state index in [9.17, 15) is 23.2 Å². The van der Waals surface area contributed by atoms with Crippen LogP contribution >= 0.6 is 0 Å². The molecule has 1 aliphatic heterocycles. The Labute approximate surface area is 248 Å². The normalized spacial score (nSPS) is 14.4. The van der Waals surface area contributed by atoms with Crippen molar-refractivity contribution in [1.82, 2.24) is 29.0 Å². The van der Waals surface area contributed by atoms with E-state index < -0.39 is 17.3 Å². The van der Waals surface area contributed by atoms with E-state index in [1.807, 2.05) is 0 Å². The van der Waals surface area contributed by atoms with Crippen molar-refractivity contribution in [2.75, 3.05) is 44.8 Å². The monoisotopic (exact) mass is 611 g/mol. The van der Waals surface area contributed by atoms with Gasteiger partial charge in [0.2, 0.25) is 5.95 Å². The Morgan fingerprint density at radius 1 is 1.23 bits per heavy atom. The number of aromatic nitrogens is 5. The largest absolute Gasteiger partial charge is 0.491 e. The highest BCUT2D eigenvalue weighted by Crippen LogP contribution is 2.32. The van der Waals surface area contributed by atoms with Crippen LogP contribution in [0.15, 0.2) is 47.8 Å². The van der Waals surface area contributed by atoms with Gasteiger partial charge in [-0.25, -0.2) is 9.97 Å². The van der Waals surface area contributed by atoms with Gasteiger partial charge in [0.25, 0.3) is 5.56 Å². The molecule has 4 aromatic heterocycles. The van der Waals surface area contributed by atoms with E-state index in [1.165, 1.54) is 37.3 Å². The first-order valence-corrected chi connectivity index (χ1v) is 13.4. The fraction of sp³-hybridized carbons (Fsp3) is 0.321. The number of hydrogen-bond donors (Lipinski definition) is 2. The van der Waals surface area contributed by atoms with E-state index in [1.54, 1.807) is 12.1 Å². The van der Waals surface area contributed by atoms with Crippen LogP contribution in [0.4, 0.5) is 24.8 Å². The summed E-state index contributed by atoms with van der Waals surface area (Å²) < 4.78 is 59.3. The SMILES string of the molecule is Cn1cc(C(F)(F)F)cc(Nc2nc3ncc(O/C(=C/N)c4ccc(OCCN5CCOCC5)cn4)c(C#N)c3n2C)c1=O. The summed E-state index contributed by atoms with van der Waals surface area (Å²) in [6.45, 7) is 4.38. The van der Waals surface area contributed by atoms with Gasteiger partial charge in [-0.15, -0.1) is 0 Å². The number of aryl methyl sites for hydroxylation is 2. The van der Waals surface area contributed by atoms with Crippen molar-refractivity contribution in [2.24, 2.45) is 19.8 Å². The van der Waals surface area contributed by atoms with Gasteiger partial charge in [0.05, 0.1) is 31.2 Å². The van der Waals surface area contributed by atoms with Crippen molar-refractivity contribution in [2.45, 2.75) is 6.18 Å². The molecule has 0 spiro atoms. The Morgan fingerprint density at radius 2 is 2.00 bits per heavy atom. The highest BCUT2D eigenvalue weighted by atomic mass is 19.4. The molecule has 0 aromatic carbocycles. The standard InChI is InChI=1S/C28H28F3N9O4/c1-38-16-17(28(29,30)31)11-21(26(38)41)36-27-37-25-24(39(27)2)19(12-32)23(15-35-25)44-22(13-33)20-4-3-18(14-34-20)43-10-7-40-5-8-42-9-6-40/h3-4,11,13-16H,5-10,33H2,1-2H3,(H,35,36,37)/b22-13+. The number of anilines is 2. The number of fused-ring (bicyclic) bond motifs is 1. The molecule has 16 heteroatoms. The highest BCUT2D eigenvalue weighted by molar-refractivity contribution is 5.84. The third kappa shape index (κ3) is 6.43. The average Bonchev–Trinajstić information content (AvgIpc) is 3.33. The van der Waals surface area contributed by atoms with E-state index >= 15 is 0 Å². The molecule has 4 aromatic rings. The summed E-state index contributed by atoms with van der Waals surface area (Å²) in [4.78, 5) is 27.7. The van der Waals surface area contributed by atoms with Gasteiger partial charge in [0.1, 0.15) is 40.9 Å². The molecule has 5 rings (SSSR count). The third-order valence-electron chi connectivity index (χ3n) is 6.87. The summed E-state index contributed by atoms with van der Waals surface area (Å²) in [5, 5.41) is 12.7. The fourth-order valence-electron chi connectivity index (χ4n) is 4.55. The summed E-state index contributed by atoms with van der Waals surface area (Å²) in [6, 6.07) is 6.13. The van der Waals surface area contributed by atoms with Crippen molar-refractivity contribution in [3.63, 3.8) is 0 Å². The Kier molecular flexibility index (Phi) is 8.69. The maximum atomic E-state index is 13.3. The van der Waals surface area contributed by atoms with Gasteiger partial charge >= 0.3 is 6.18 Å². The molecule has 0 saturated carbocycles. The first-order chi connectivity index (χ1) is 21.1. The van der Waals surface area contributed by atoms with Gasteiger partial charge in [-0.3, -0.25) is 9.69 Å². The predicted molar refractivity (Wildman–Crippen MR) is 153 cm³/mol. The maximum absolute atomic E-state index is 13.3. The van der Waals surface area contributed by atoms with Crippen molar-refractivity contribution in [1.29, 1.82) is 5.26 Å². The lowest BCUT2D eigenvalue weighted by molar-refractivity contribution is -0.138. The minimum Gasteiger partial charge on any atom is -0.491 e. The van der Waals surface area contributed by atoms with Crippen LogP contribution in [0.2, 0.25) is 0 Å². The topological polar surface area (TPSA) is 158 Å². The van der Waals surface area contributed by atoms with E-state index in [-0.39, 0.29) is 39.9 Å².